The van der Waals surface area contributed by atoms with Crippen LogP contribution in [0.2, 0.25) is 0 Å². The highest BCUT2D eigenvalue weighted by molar-refractivity contribution is 9.11. The molecule has 0 spiro atoms. The van der Waals surface area contributed by atoms with E-state index in [1.54, 1.807) is 18.2 Å². The van der Waals surface area contributed by atoms with Gasteiger partial charge in [-0.1, -0.05) is 44.0 Å². The minimum atomic E-state index is -0.295. The molecule has 0 aliphatic rings. The second-order valence-electron chi connectivity index (χ2n) is 3.85. The molecule has 0 radical (unpaired) electrons. The largest absolute Gasteiger partial charge is 0.294 e. The van der Waals surface area contributed by atoms with Gasteiger partial charge in [-0.05, 0) is 35.9 Å². The molecule has 2 rings (SSSR count). The molecule has 2 aromatic rings. The van der Waals surface area contributed by atoms with E-state index in [1.165, 1.54) is 12.1 Å². The van der Waals surface area contributed by atoms with Crippen molar-refractivity contribution < 1.29 is 9.18 Å². The van der Waals surface area contributed by atoms with Crippen molar-refractivity contribution in [2.45, 2.75) is 6.42 Å². The summed E-state index contributed by atoms with van der Waals surface area (Å²) in [6.45, 7) is 0. The third-order valence-electron chi connectivity index (χ3n) is 2.51. The maximum Gasteiger partial charge on any atom is 0.168 e. The molecular formula is C14H9Br2FO. The van der Waals surface area contributed by atoms with Gasteiger partial charge in [0.1, 0.15) is 5.82 Å². The first kappa shape index (κ1) is 13.4. The molecule has 18 heavy (non-hydrogen) atoms. The maximum absolute atomic E-state index is 12.8. The Labute approximate surface area is 121 Å². The van der Waals surface area contributed by atoms with Gasteiger partial charge < -0.3 is 0 Å². The Morgan fingerprint density at radius 2 is 1.72 bits per heavy atom. The van der Waals surface area contributed by atoms with E-state index in [0.717, 1.165) is 14.5 Å². The van der Waals surface area contributed by atoms with Gasteiger partial charge in [0.05, 0.1) is 0 Å². The molecule has 1 nitrogen and oxygen atoms in total. The summed E-state index contributed by atoms with van der Waals surface area (Å²) in [5.74, 6) is -0.294. The predicted octanol–water partition coefficient (Wildman–Crippen LogP) is 4.78. The van der Waals surface area contributed by atoms with E-state index in [1.807, 2.05) is 12.1 Å². The molecule has 0 saturated heterocycles. The first-order chi connectivity index (χ1) is 8.56. The molecule has 0 aliphatic heterocycles. The number of ketones is 1. The lowest BCUT2D eigenvalue weighted by molar-refractivity contribution is 0.0992. The van der Waals surface area contributed by atoms with E-state index in [2.05, 4.69) is 31.9 Å². The summed E-state index contributed by atoms with van der Waals surface area (Å²) in [7, 11) is 0. The van der Waals surface area contributed by atoms with Crippen LogP contribution in [-0.4, -0.2) is 5.78 Å². The molecular weight excluding hydrogens is 363 g/mol. The normalized spacial score (nSPS) is 10.4. The first-order valence-corrected chi connectivity index (χ1v) is 6.87. The zero-order chi connectivity index (χ0) is 13.1. The predicted molar refractivity (Wildman–Crippen MR) is 76.3 cm³/mol. The molecule has 0 aromatic heterocycles. The molecule has 0 saturated carbocycles. The van der Waals surface area contributed by atoms with Crippen LogP contribution in [0.5, 0.6) is 0 Å². The van der Waals surface area contributed by atoms with Gasteiger partial charge >= 0.3 is 0 Å². The lowest BCUT2D eigenvalue weighted by Crippen LogP contribution is -2.04. The molecule has 0 N–H and O–H groups in total. The SMILES string of the molecule is O=C(Cc1ccc(F)cc1)c1ccc(Br)cc1Br. The van der Waals surface area contributed by atoms with Crippen molar-refractivity contribution in [1.82, 2.24) is 0 Å². The van der Waals surface area contributed by atoms with Crippen LogP contribution >= 0.6 is 31.9 Å². The van der Waals surface area contributed by atoms with Crippen LogP contribution in [0.3, 0.4) is 0 Å². The van der Waals surface area contributed by atoms with Crippen molar-refractivity contribution in [3.63, 3.8) is 0 Å². The quantitative estimate of drug-likeness (QED) is 0.710. The van der Waals surface area contributed by atoms with Gasteiger partial charge in [-0.15, -0.1) is 0 Å². The van der Waals surface area contributed by atoms with Crippen LogP contribution in [0.15, 0.2) is 51.4 Å². The summed E-state index contributed by atoms with van der Waals surface area (Å²) in [5, 5.41) is 0. The zero-order valence-electron chi connectivity index (χ0n) is 9.29. The van der Waals surface area contributed by atoms with Crippen LogP contribution in [-0.2, 0) is 6.42 Å². The average Bonchev–Trinajstić information content (AvgIpc) is 2.32. The van der Waals surface area contributed by atoms with E-state index in [0.29, 0.717) is 5.56 Å². The van der Waals surface area contributed by atoms with Crippen LogP contribution in [0.25, 0.3) is 0 Å². The average molecular weight is 372 g/mol. The van der Waals surface area contributed by atoms with Crippen molar-refractivity contribution in [3.05, 3.63) is 68.4 Å². The minimum absolute atomic E-state index is 0.000910. The highest BCUT2D eigenvalue weighted by Crippen LogP contribution is 2.23. The number of carbonyl (C=O) groups excluding carboxylic acids is 1. The molecule has 4 heteroatoms. The van der Waals surface area contributed by atoms with E-state index < -0.39 is 0 Å². The second-order valence-corrected chi connectivity index (χ2v) is 5.62. The lowest BCUT2D eigenvalue weighted by atomic mass is 10.0. The number of halogens is 3. The van der Waals surface area contributed by atoms with Gasteiger partial charge in [-0.3, -0.25) is 4.79 Å². The highest BCUT2D eigenvalue weighted by atomic mass is 79.9. The van der Waals surface area contributed by atoms with Crippen LogP contribution in [0, 0.1) is 5.82 Å². The molecule has 0 amide bonds. The molecule has 0 aliphatic carbocycles. The van der Waals surface area contributed by atoms with Crippen molar-refractivity contribution in [2.75, 3.05) is 0 Å². The molecule has 0 bridgehead atoms. The summed E-state index contributed by atoms with van der Waals surface area (Å²) >= 11 is 6.70. The van der Waals surface area contributed by atoms with Crippen LogP contribution < -0.4 is 0 Å². The second kappa shape index (κ2) is 5.76. The van der Waals surface area contributed by atoms with Gasteiger partial charge in [-0.2, -0.15) is 0 Å². The maximum atomic E-state index is 12.8. The Kier molecular flexibility index (Phi) is 4.30. The van der Waals surface area contributed by atoms with Gasteiger partial charge in [0.15, 0.2) is 5.78 Å². The molecule has 92 valence electrons. The minimum Gasteiger partial charge on any atom is -0.294 e. The molecule has 0 heterocycles. The lowest BCUT2D eigenvalue weighted by Gasteiger charge is -2.04. The monoisotopic (exact) mass is 370 g/mol. The Morgan fingerprint density at radius 3 is 2.33 bits per heavy atom. The smallest absolute Gasteiger partial charge is 0.168 e. The number of carbonyl (C=O) groups is 1. The Bertz CT molecular complexity index is 579. The van der Waals surface area contributed by atoms with Crippen molar-refractivity contribution in [2.24, 2.45) is 0 Å². The van der Waals surface area contributed by atoms with Gasteiger partial charge in [0.2, 0.25) is 0 Å². The van der Waals surface area contributed by atoms with Crippen molar-refractivity contribution >= 4 is 37.6 Å². The summed E-state index contributed by atoms with van der Waals surface area (Å²) in [6.07, 6.45) is 0.264. The van der Waals surface area contributed by atoms with Crippen LogP contribution in [0.4, 0.5) is 4.39 Å². The Morgan fingerprint density at radius 1 is 1.06 bits per heavy atom. The number of benzene rings is 2. The number of Topliss-reactive ketones (excluding diaryl/α,β-unsaturated/α-hetero) is 1. The molecule has 0 unspecified atom stereocenters. The number of rotatable bonds is 3. The van der Waals surface area contributed by atoms with Crippen LogP contribution in [0.1, 0.15) is 15.9 Å². The van der Waals surface area contributed by atoms with Crippen molar-refractivity contribution in [3.8, 4) is 0 Å². The van der Waals surface area contributed by atoms with Crippen molar-refractivity contribution in [1.29, 1.82) is 0 Å². The molecule has 0 atom stereocenters. The first-order valence-electron chi connectivity index (χ1n) is 5.29. The number of hydrogen-bond donors (Lipinski definition) is 0. The van der Waals surface area contributed by atoms with Gasteiger partial charge in [0, 0.05) is 20.9 Å². The zero-order valence-corrected chi connectivity index (χ0v) is 12.5. The highest BCUT2D eigenvalue weighted by Gasteiger charge is 2.11. The molecule has 2 aromatic carbocycles. The van der Waals surface area contributed by atoms with E-state index in [9.17, 15) is 9.18 Å². The van der Waals surface area contributed by atoms with E-state index >= 15 is 0 Å². The number of hydrogen-bond acceptors (Lipinski definition) is 1. The molecule has 0 fully saturated rings. The fourth-order valence-electron chi connectivity index (χ4n) is 1.60. The van der Waals surface area contributed by atoms with Gasteiger partial charge in [-0.25, -0.2) is 4.39 Å². The fraction of sp³-hybridized carbons (Fsp3) is 0.0714. The standard InChI is InChI=1S/C14H9Br2FO/c15-10-3-6-12(13(16)8-10)14(18)7-9-1-4-11(17)5-2-9/h1-6,8H,7H2. The fourth-order valence-corrected chi connectivity index (χ4v) is 2.87. The Hall–Kier alpha value is -1.000. The van der Waals surface area contributed by atoms with E-state index in [-0.39, 0.29) is 18.0 Å². The topological polar surface area (TPSA) is 17.1 Å². The van der Waals surface area contributed by atoms with Gasteiger partial charge in [0.25, 0.3) is 0 Å². The van der Waals surface area contributed by atoms with E-state index in [4.69, 9.17) is 0 Å². The third kappa shape index (κ3) is 3.27. The Balaban J connectivity index is 2.19. The summed E-state index contributed by atoms with van der Waals surface area (Å²) in [6, 6.07) is 11.4. The summed E-state index contributed by atoms with van der Waals surface area (Å²) in [5.41, 5.74) is 1.43. The summed E-state index contributed by atoms with van der Waals surface area (Å²) < 4.78 is 14.4. The third-order valence-corrected chi connectivity index (χ3v) is 3.66. The summed E-state index contributed by atoms with van der Waals surface area (Å²) in [4.78, 5) is 12.1.